The molecule has 0 saturated heterocycles. The maximum atomic E-state index is 12.5. The van der Waals surface area contributed by atoms with Crippen LogP contribution in [0.25, 0.3) is 0 Å². The van der Waals surface area contributed by atoms with Crippen LogP contribution < -0.4 is 5.32 Å². The van der Waals surface area contributed by atoms with Gasteiger partial charge in [-0.2, -0.15) is 8.42 Å². The number of unbranched alkanes of at least 4 members (excludes halogenated alkanes) is 24. The van der Waals surface area contributed by atoms with Crippen molar-refractivity contribution in [2.75, 3.05) is 5.75 Å². The van der Waals surface area contributed by atoms with Gasteiger partial charge in [0.2, 0.25) is 5.91 Å². The second-order valence-electron chi connectivity index (χ2n) is 14.6. The smallest absolute Gasteiger partial charge is 0.267 e. The van der Waals surface area contributed by atoms with Crippen LogP contribution in [0, 0.1) is 0 Å². The summed E-state index contributed by atoms with van der Waals surface area (Å²) >= 11 is 0. The van der Waals surface area contributed by atoms with Crippen molar-refractivity contribution in [3.8, 4) is 0 Å². The molecule has 0 saturated carbocycles. The van der Waals surface area contributed by atoms with E-state index in [4.69, 9.17) is 0 Å². The second-order valence-corrected chi connectivity index (χ2v) is 16.1. The zero-order valence-corrected chi connectivity index (χ0v) is 34.0. The number of carbonyl (C=O) groups is 1. The second kappa shape index (κ2) is 38.0. The summed E-state index contributed by atoms with van der Waals surface area (Å²) in [5.74, 6) is -0.988. The molecule has 1 amide bonds. The van der Waals surface area contributed by atoms with E-state index in [0.29, 0.717) is 0 Å². The van der Waals surface area contributed by atoms with Crippen molar-refractivity contribution in [1.82, 2.24) is 5.32 Å². The van der Waals surface area contributed by atoms with E-state index >= 15 is 0 Å². The predicted molar refractivity (Wildman–Crippen MR) is 221 cm³/mol. The maximum Gasteiger partial charge on any atom is 0.267 e. The zero-order chi connectivity index (χ0) is 37.5. The number of aliphatic hydroxyl groups is 1. The van der Waals surface area contributed by atoms with Gasteiger partial charge in [0, 0.05) is 6.42 Å². The Morgan fingerprint density at radius 1 is 0.529 bits per heavy atom. The lowest BCUT2D eigenvalue weighted by molar-refractivity contribution is -0.122. The zero-order valence-electron chi connectivity index (χ0n) is 33.2. The van der Waals surface area contributed by atoms with Crippen LogP contribution in [0.4, 0.5) is 0 Å². The average Bonchev–Trinajstić information content (AvgIpc) is 3.09. The molecule has 7 heteroatoms. The number of rotatable bonds is 38. The van der Waals surface area contributed by atoms with E-state index in [1.807, 2.05) is 6.08 Å². The SMILES string of the molecule is CCCCCCC/C=C\C/C=C\C/C=C\CCCCCCCCCCC(=O)NC(CS(=O)(=O)O)C(O)/C=C/CCCCCCCCCCCCC. The van der Waals surface area contributed by atoms with Gasteiger partial charge in [0.25, 0.3) is 10.1 Å². The maximum absolute atomic E-state index is 12.5. The number of nitrogens with one attached hydrogen (secondary N) is 1. The molecule has 2 atom stereocenters. The minimum Gasteiger partial charge on any atom is -0.387 e. The van der Waals surface area contributed by atoms with E-state index in [-0.39, 0.29) is 12.3 Å². The summed E-state index contributed by atoms with van der Waals surface area (Å²) in [6, 6.07) is -1.06. The van der Waals surface area contributed by atoms with E-state index in [0.717, 1.165) is 64.2 Å². The fourth-order valence-electron chi connectivity index (χ4n) is 6.28. The third-order valence-electron chi connectivity index (χ3n) is 9.50. The summed E-state index contributed by atoms with van der Waals surface area (Å²) in [7, 11) is -4.35. The highest BCUT2D eigenvalue weighted by molar-refractivity contribution is 7.85. The van der Waals surface area contributed by atoms with E-state index in [1.165, 1.54) is 122 Å². The van der Waals surface area contributed by atoms with Gasteiger partial charge in [0.05, 0.1) is 17.9 Å². The first kappa shape index (κ1) is 49.3. The summed E-state index contributed by atoms with van der Waals surface area (Å²) in [5, 5.41) is 13.2. The van der Waals surface area contributed by atoms with Crippen molar-refractivity contribution in [3.05, 3.63) is 48.6 Å². The number of allylic oxidation sites excluding steroid dienone is 7. The van der Waals surface area contributed by atoms with E-state index < -0.39 is 28.0 Å². The molecule has 0 fully saturated rings. The summed E-state index contributed by atoms with van der Waals surface area (Å²) in [6.45, 7) is 4.50. The Bertz CT molecular complexity index is 987. The lowest BCUT2D eigenvalue weighted by Gasteiger charge is -2.21. The minimum atomic E-state index is -4.35. The van der Waals surface area contributed by atoms with E-state index in [9.17, 15) is 22.9 Å². The molecule has 0 heterocycles. The Hall–Kier alpha value is -1.70. The molecule has 0 aliphatic heterocycles. The van der Waals surface area contributed by atoms with Crippen LogP contribution in [0.3, 0.4) is 0 Å². The van der Waals surface area contributed by atoms with Gasteiger partial charge < -0.3 is 10.4 Å². The quantitative estimate of drug-likeness (QED) is 0.0333. The molecule has 51 heavy (non-hydrogen) atoms. The number of amides is 1. The number of hydrogen-bond acceptors (Lipinski definition) is 4. The van der Waals surface area contributed by atoms with Crippen LogP contribution >= 0.6 is 0 Å². The van der Waals surface area contributed by atoms with Gasteiger partial charge in [0.1, 0.15) is 0 Å². The highest BCUT2D eigenvalue weighted by atomic mass is 32.2. The predicted octanol–water partition coefficient (Wildman–Crippen LogP) is 12.7. The molecule has 0 aliphatic rings. The Kier molecular flexibility index (Phi) is 36.8. The van der Waals surface area contributed by atoms with Gasteiger partial charge in [-0.1, -0.05) is 191 Å². The van der Waals surface area contributed by atoms with E-state index in [2.05, 4.69) is 55.6 Å². The summed E-state index contributed by atoms with van der Waals surface area (Å²) in [6.07, 6.45) is 50.9. The first-order valence-electron chi connectivity index (χ1n) is 21.3. The molecule has 0 aromatic heterocycles. The van der Waals surface area contributed by atoms with Crippen LogP contribution in [0.2, 0.25) is 0 Å². The van der Waals surface area contributed by atoms with Gasteiger partial charge in [-0.05, 0) is 57.8 Å². The van der Waals surface area contributed by atoms with Gasteiger partial charge in [-0.15, -0.1) is 0 Å². The first-order valence-corrected chi connectivity index (χ1v) is 22.9. The molecule has 298 valence electrons. The van der Waals surface area contributed by atoms with Gasteiger partial charge >= 0.3 is 0 Å². The summed E-state index contributed by atoms with van der Waals surface area (Å²) < 4.78 is 32.5. The number of aliphatic hydroxyl groups excluding tert-OH is 1. The molecule has 6 nitrogen and oxygen atoms in total. The highest BCUT2D eigenvalue weighted by Gasteiger charge is 2.24. The Balaban J connectivity index is 3.89. The highest BCUT2D eigenvalue weighted by Crippen LogP contribution is 2.14. The van der Waals surface area contributed by atoms with Gasteiger partial charge in [-0.3, -0.25) is 9.35 Å². The number of carbonyl (C=O) groups excluding carboxylic acids is 1. The molecule has 0 rings (SSSR count). The average molecular weight is 736 g/mol. The van der Waals surface area contributed by atoms with Crippen LogP contribution in [0.5, 0.6) is 0 Å². The van der Waals surface area contributed by atoms with Crippen LogP contribution in [0.1, 0.15) is 206 Å². The van der Waals surface area contributed by atoms with Crippen molar-refractivity contribution in [2.45, 2.75) is 219 Å². The topological polar surface area (TPSA) is 104 Å². The third-order valence-corrected chi connectivity index (χ3v) is 10.3. The lowest BCUT2D eigenvalue weighted by atomic mass is 10.0. The summed E-state index contributed by atoms with van der Waals surface area (Å²) in [4.78, 5) is 12.5. The Labute approximate surface area is 316 Å². The van der Waals surface area contributed by atoms with Crippen LogP contribution in [-0.2, 0) is 14.9 Å². The van der Waals surface area contributed by atoms with Crippen molar-refractivity contribution in [2.24, 2.45) is 0 Å². The Morgan fingerprint density at radius 3 is 1.29 bits per heavy atom. The van der Waals surface area contributed by atoms with Crippen molar-refractivity contribution in [1.29, 1.82) is 0 Å². The fourth-order valence-corrected chi connectivity index (χ4v) is 7.01. The largest absolute Gasteiger partial charge is 0.387 e. The molecule has 0 radical (unpaired) electrons. The normalized spacial score (nSPS) is 13.7. The molecule has 0 aliphatic carbocycles. The molecular formula is C44H81NO5S. The van der Waals surface area contributed by atoms with Gasteiger partial charge in [0.15, 0.2) is 0 Å². The molecule has 0 bridgehead atoms. The molecular weight excluding hydrogens is 655 g/mol. The lowest BCUT2D eigenvalue weighted by Crippen LogP contribution is -2.46. The van der Waals surface area contributed by atoms with Crippen LogP contribution in [-0.4, -0.2) is 41.9 Å². The molecule has 0 aromatic carbocycles. The summed E-state index contributed by atoms with van der Waals surface area (Å²) in [5.41, 5.74) is 0. The van der Waals surface area contributed by atoms with E-state index in [1.54, 1.807) is 6.08 Å². The third kappa shape index (κ3) is 39.3. The number of hydrogen-bond donors (Lipinski definition) is 3. The van der Waals surface area contributed by atoms with Gasteiger partial charge in [-0.25, -0.2) is 0 Å². The fraction of sp³-hybridized carbons (Fsp3) is 0.795. The Morgan fingerprint density at radius 2 is 0.882 bits per heavy atom. The molecule has 0 spiro atoms. The standard InChI is InChI=1S/C44H81NO5S/c1-3-5-7-9-11-13-15-17-18-19-20-21-22-23-24-25-26-28-30-32-34-36-38-40-44(47)45-42(41-51(48,49)50)43(46)39-37-35-33-31-29-27-16-14-12-10-8-6-4-2/h15,17,19-20,22-23,37,39,42-43,46H,3-14,16,18,21,24-36,38,40-41H2,1-2H3,(H,45,47)(H,48,49,50)/b17-15-,20-19-,23-22-,39-37+. The minimum absolute atomic E-state index is 0.286. The molecule has 0 aromatic rings. The monoisotopic (exact) mass is 736 g/mol. The van der Waals surface area contributed by atoms with Crippen molar-refractivity contribution in [3.63, 3.8) is 0 Å². The van der Waals surface area contributed by atoms with Crippen molar-refractivity contribution >= 4 is 16.0 Å². The van der Waals surface area contributed by atoms with Crippen LogP contribution in [0.15, 0.2) is 48.6 Å². The van der Waals surface area contributed by atoms with Crippen molar-refractivity contribution < 1.29 is 22.9 Å². The first-order chi connectivity index (χ1) is 24.8. The molecule has 3 N–H and O–H groups in total. The molecule has 2 unspecified atom stereocenters.